The second kappa shape index (κ2) is 4.42. The van der Waals surface area contributed by atoms with Crippen LogP contribution in [0.3, 0.4) is 0 Å². The highest BCUT2D eigenvalue weighted by atomic mass is 16.5. The summed E-state index contributed by atoms with van der Waals surface area (Å²) in [5.41, 5.74) is 7.81. The first kappa shape index (κ1) is 10.8. The van der Waals surface area contributed by atoms with E-state index in [0.29, 0.717) is 17.9 Å². The lowest BCUT2D eigenvalue weighted by Crippen LogP contribution is -2.41. The summed E-state index contributed by atoms with van der Waals surface area (Å²) in [6.45, 7) is 4.34. The molecule has 1 heterocycles. The number of ether oxygens (including phenoxy) is 1. The van der Waals surface area contributed by atoms with Gasteiger partial charge in [0.2, 0.25) is 0 Å². The van der Waals surface area contributed by atoms with Crippen LogP contribution in [0.1, 0.15) is 12.5 Å². The monoisotopic (exact) mass is 217 g/mol. The van der Waals surface area contributed by atoms with Gasteiger partial charge in [0.25, 0.3) is 0 Å². The molecule has 0 saturated carbocycles. The molecule has 0 aromatic heterocycles. The summed E-state index contributed by atoms with van der Waals surface area (Å²) in [6, 6.07) is 7.74. The van der Waals surface area contributed by atoms with Crippen LogP contribution in [0.15, 0.2) is 18.2 Å². The van der Waals surface area contributed by atoms with Gasteiger partial charge in [0.1, 0.15) is 6.07 Å². The number of nitrogens with zero attached hydrogens (tertiary/aromatic N) is 2. The number of anilines is 2. The van der Waals surface area contributed by atoms with Gasteiger partial charge in [-0.1, -0.05) is 6.07 Å². The summed E-state index contributed by atoms with van der Waals surface area (Å²) in [5, 5.41) is 9.11. The van der Waals surface area contributed by atoms with Crippen LogP contribution in [-0.2, 0) is 4.74 Å². The van der Waals surface area contributed by atoms with Crippen molar-refractivity contribution in [3.8, 4) is 6.07 Å². The molecule has 4 nitrogen and oxygen atoms in total. The zero-order valence-electron chi connectivity index (χ0n) is 9.31. The van der Waals surface area contributed by atoms with Gasteiger partial charge in [-0.15, -0.1) is 0 Å². The fourth-order valence-corrected chi connectivity index (χ4v) is 1.98. The van der Waals surface area contributed by atoms with Crippen molar-refractivity contribution < 1.29 is 4.74 Å². The highest BCUT2D eigenvalue weighted by Crippen LogP contribution is 2.26. The molecule has 1 aliphatic heterocycles. The molecular formula is C12H15N3O. The van der Waals surface area contributed by atoms with E-state index in [9.17, 15) is 0 Å². The molecule has 1 saturated heterocycles. The molecule has 0 aliphatic carbocycles. The summed E-state index contributed by atoms with van der Waals surface area (Å²) in [5.74, 6) is 0. The third-order valence-corrected chi connectivity index (χ3v) is 2.77. The van der Waals surface area contributed by atoms with E-state index in [1.165, 1.54) is 0 Å². The fourth-order valence-electron chi connectivity index (χ4n) is 1.98. The van der Waals surface area contributed by atoms with Crippen molar-refractivity contribution in [2.45, 2.75) is 13.0 Å². The number of hydrogen-bond acceptors (Lipinski definition) is 4. The first-order chi connectivity index (χ1) is 7.72. The van der Waals surface area contributed by atoms with E-state index < -0.39 is 0 Å². The third kappa shape index (κ3) is 1.95. The van der Waals surface area contributed by atoms with Crippen molar-refractivity contribution in [1.29, 1.82) is 5.26 Å². The average Bonchev–Trinajstić information content (AvgIpc) is 2.28. The number of nitriles is 1. The van der Waals surface area contributed by atoms with Gasteiger partial charge in [-0.05, 0) is 19.1 Å². The van der Waals surface area contributed by atoms with E-state index in [1.54, 1.807) is 6.07 Å². The van der Waals surface area contributed by atoms with Crippen molar-refractivity contribution in [3.05, 3.63) is 23.8 Å². The van der Waals surface area contributed by atoms with Crippen LogP contribution in [0, 0.1) is 11.3 Å². The standard InChI is InChI=1S/C12H15N3O/c1-9-8-15(5-6-16-9)12-4-2-3-11(14)10(12)7-13/h2-4,9H,5-6,8,14H2,1H3. The Labute approximate surface area is 95.2 Å². The molecule has 1 fully saturated rings. The van der Waals surface area contributed by atoms with Crippen LogP contribution in [0.5, 0.6) is 0 Å². The van der Waals surface area contributed by atoms with Gasteiger partial charge in [-0.3, -0.25) is 0 Å². The van der Waals surface area contributed by atoms with Gasteiger partial charge in [0.15, 0.2) is 0 Å². The van der Waals surface area contributed by atoms with Crippen LogP contribution in [0.2, 0.25) is 0 Å². The molecule has 2 N–H and O–H groups in total. The molecule has 1 aromatic carbocycles. The number of morpholine rings is 1. The van der Waals surface area contributed by atoms with Crippen molar-refractivity contribution in [1.82, 2.24) is 0 Å². The minimum atomic E-state index is 0.196. The Morgan fingerprint density at radius 1 is 1.56 bits per heavy atom. The number of nitrogens with two attached hydrogens (primary N) is 1. The Bertz CT molecular complexity index is 425. The lowest BCUT2D eigenvalue weighted by Gasteiger charge is -2.33. The van der Waals surface area contributed by atoms with Crippen molar-refractivity contribution in [2.24, 2.45) is 0 Å². The van der Waals surface area contributed by atoms with Gasteiger partial charge < -0.3 is 15.4 Å². The molecule has 0 amide bonds. The maximum absolute atomic E-state index is 9.11. The Hall–Kier alpha value is -1.73. The second-order valence-electron chi connectivity index (χ2n) is 3.98. The zero-order valence-corrected chi connectivity index (χ0v) is 9.31. The van der Waals surface area contributed by atoms with Crippen LogP contribution in [-0.4, -0.2) is 25.8 Å². The Morgan fingerprint density at radius 2 is 2.38 bits per heavy atom. The van der Waals surface area contributed by atoms with Crippen LogP contribution in [0.4, 0.5) is 11.4 Å². The minimum absolute atomic E-state index is 0.196. The highest BCUT2D eigenvalue weighted by molar-refractivity contribution is 5.70. The maximum atomic E-state index is 9.11. The van der Waals surface area contributed by atoms with E-state index in [1.807, 2.05) is 19.1 Å². The Kier molecular flexibility index (Phi) is 2.97. The quantitative estimate of drug-likeness (QED) is 0.721. The zero-order chi connectivity index (χ0) is 11.5. The van der Waals surface area contributed by atoms with E-state index >= 15 is 0 Å². The number of rotatable bonds is 1. The van der Waals surface area contributed by atoms with E-state index in [4.69, 9.17) is 15.7 Å². The molecule has 1 atom stereocenters. The highest BCUT2D eigenvalue weighted by Gasteiger charge is 2.19. The Morgan fingerprint density at radius 3 is 3.06 bits per heavy atom. The summed E-state index contributed by atoms with van der Waals surface area (Å²) in [4.78, 5) is 2.16. The predicted octanol–water partition coefficient (Wildman–Crippen LogP) is 1.37. The molecule has 16 heavy (non-hydrogen) atoms. The maximum Gasteiger partial charge on any atom is 0.104 e. The lowest BCUT2D eigenvalue weighted by molar-refractivity contribution is 0.0532. The largest absolute Gasteiger partial charge is 0.398 e. The molecule has 0 bridgehead atoms. The molecule has 0 spiro atoms. The van der Waals surface area contributed by atoms with E-state index in [0.717, 1.165) is 18.8 Å². The van der Waals surface area contributed by atoms with Gasteiger partial charge in [0, 0.05) is 13.1 Å². The Balaban J connectivity index is 2.33. The normalized spacial score (nSPS) is 20.5. The van der Waals surface area contributed by atoms with Crippen LogP contribution in [0.25, 0.3) is 0 Å². The smallest absolute Gasteiger partial charge is 0.104 e. The van der Waals surface area contributed by atoms with Gasteiger partial charge in [-0.25, -0.2) is 0 Å². The average molecular weight is 217 g/mol. The molecular weight excluding hydrogens is 202 g/mol. The van der Waals surface area contributed by atoms with Gasteiger partial charge in [-0.2, -0.15) is 5.26 Å². The van der Waals surface area contributed by atoms with Crippen molar-refractivity contribution in [2.75, 3.05) is 30.3 Å². The summed E-state index contributed by atoms with van der Waals surface area (Å²) < 4.78 is 5.48. The summed E-state index contributed by atoms with van der Waals surface area (Å²) in [7, 11) is 0. The first-order valence-electron chi connectivity index (χ1n) is 5.37. The van der Waals surface area contributed by atoms with E-state index in [2.05, 4.69) is 11.0 Å². The van der Waals surface area contributed by atoms with E-state index in [-0.39, 0.29) is 6.10 Å². The molecule has 1 aliphatic rings. The SMILES string of the molecule is CC1CN(c2cccc(N)c2C#N)CCO1. The third-order valence-electron chi connectivity index (χ3n) is 2.77. The van der Waals surface area contributed by atoms with Crippen LogP contribution < -0.4 is 10.6 Å². The molecule has 1 aromatic rings. The minimum Gasteiger partial charge on any atom is -0.398 e. The number of nitrogen functional groups attached to an aromatic ring is 1. The number of hydrogen-bond donors (Lipinski definition) is 1. The lowest BCUT2D eigenvalue weighted by atomic mass is 10.1. The first-order valence-corrected chi connectivity index (χ1v) is 5.37. The summed E-state index contributed by atoms with van der Waals surface area (Å²) in [6.07, 6.45) is 0.196. The second-order valence-corrected chi connectivity index (χ2v) is 3.98. The molecule has 4 heteroatoms. The van der Waals surface area contributed by atoms with Crippen LogP contribution >= 0.6 is 0 Å². The fraction of sp³-hybridized carbons (Fsp3) is 0.417. The summed E-state index contributed by atoms with van der Waals surface area (Å²) >= 11 is 0. The molecule has 2 rings (SSSR count). The van der Waals surface area contributed by atoms with Gasteiger partial charge >= 0.3 is 0 Å². The van der Waals surface area contributed by atoms with Crippen molar-refractivity contribution >= 4 is 11.4 Å². The molecule has 1 unspecified atom stereocenters. The molecule has 84 valence electrons. The topological polar surface area (TPSA) is 62.3 Å². The van der Waals surface area contributed by atoms with Gasteiger partial charge in [0.05, 0.1) is 29.6 Å². The molecule has 0 radical (unpaired) electrons. The predicted molar refractivity (Wildman–Crippen MR) is 63.2 cm³/mol. The van der Waals surface area contributed by atoms with Crippen molar-refractivity contribution in [3.63, 3.8) is 0 Å². The number of benzene rings is 1.